The lowest BCUT2D eigenvalue weighted by Crippen LogP contribution is -2.27. The van der Waals surface area contributed by atoms with Crippen LogP contribution in [0.25, 0.3) is 0 Å². The van der Waals surface area contributed by atoms with E-state index in [9.17, 15) is 17.2 Å². The Labute approximate surface area is 99.3 Å². The van der Waals surface area contributed by atoms with Crippen LogP contribution in [0, 0.1) is 0 Å². The van der Waals surface area contributed by atoms with Crippen molar-refractivity contribution < 1.29 is 21.9 Å². The number of rotatable bonds is 3. The lowest BCUT2D eigenvalue weighted by Gasteiger charge is -2.19. The van der Waals surface area contributed by atoms with Gasteiger partial charge in [-0.25, -0.2) is 8.42 Å². The van der Waals surface area contributed by atoms with Gasteiger partial charge in [0.05, 0.1) is 9.64 Å². The zero-order chi connectivity index (χ0) is 13.3. The number of alkyl halides is 2. The zero-order valence-corrected chi connectivity index (χ0v) is 10.6. The molecule has 0 spiro atoms. The summed E-state index contributed by atoms with van der Waals surface area (Å²) in [6.07, 6.45) is 0. The molecule has 0 fully saturated rings. The van der Waals surface area contributed by atoms with Crippen molar-refractivity contribution in [3.8, 4) is 5.75 Å². The van der Waals surface area contributed by atoms with Crippen LogP contribution >= 0.6 is 0 Å². The van der Waals surface area contributed by atoms with Gasteiger partial charge < -0.3 is 4.74 Å². The van der Waals surface area contributed by atoms with E-state index in [0.717, 1.165) is 0 Å². The molecule has 0 aliphatic rings. The van der Waals surface area contributed by atoms with E-state index in [-0.39, 0.29) is 10.6 Å². The summed E-state index contributed by atoms with van der Waals surface area (Å²) in [6, 6.07) is 4.95. The molecule has 0 saturated heterocycles. The Bertz CT molecular complexity index is 472. The highest BCUT2D eigenvalue weighted by molar-refractivity contribution is 7.92. The van der Waals surface area contributed by atoms with Gasteiger partial charge in [0.2, 0.25) is 0 Å². The third kappa shape index (κ3) is 3.15. The Morgan fingerprint density at radius 1 is 1.12 bits per heavy atom. The summed E-state index contributed by atoms with van der Waals surface area (Å²) in [5.74, 6) is -0.0622. The molecule has 0 aliphatic carbocycles. The van der Waals surface area contributed by atoms with Gasteiger partial charge in [-0.3, -0.25) is 0 Å². The van der Waals surface area contributed by atoms with Gasteiger partial charge in [0.25, 0.3) is 0 Å². The maximum absolute atomic E-state index is 12.0. The zero-order valence-electron chi connectivity index (χ0n) is 9.78. The molecule has 0 bridgehead atoms. The van der Waals surface area contributed by atoms with Gasteiger partial charge in [-0.2, -0.15) is 8.78 Å². The molecular weight excluding hydrogens is 250 g/mol. The summed E-state index contributed by atoms with van der Waals surface area (Å²) in [7, 11) is -3.46. The molecule has 0 saturated carbocycles. The number of ether oxygens (including phenoxy) is 1. The fourth-order valence-corrected chi connectivity index (χ4v) is 2.36. The highest BCUT2D eigenvalue weighted by atomic mass is 32.2. The summed E-state index contributed by atoms with van der Waals surface area (Å²) in [4.78, 5) is 0.0895. The molecule has 96 valence electrons. The van der Waals surface area contributed by atoms with Crippen LogP contribution in [0.3, 0.4) is 0 Å². The van der Waals surface area contributed by atoms with Crippen LogP contribution in [0.4, 0.5) is 8.78 Å². The highest BCUT2D eigenvalue weighted by Crippen LogP contribution is 2.26. The minimum atomic E-state index is -3.46. The summed E-state index contributed by atoms with van der Waals surface area (Å²) >= 11 is 0. The quantitative estimate of drug-likeness (QED) is 0.843. The van der Waals surface area contributed by atoms with E-state index < -0.39 is 21.2 Å². The number of halogens is 2. The van der Waals surface area contributed by atoms with Crippen molar-refractivity contribution in [3.63, 3.8) is 0 Å². The maximum atomic E-state index is 12.0. The molecule has 0 heterocycles. The SMILES string of the molecule is CC(C)(C)S(=O)(=O)c1ccc(OC(F)F)cc1. The van der Waals surface area contributed by atoms with Crippen molar-refractivity contribution >= 4 is 9.84 Å². The Morgan fingerprint density at radius 3 is 1.94 bits per heavy atom. The average molecular weight is 264 g/mol. The van der Waals surface area contributed by atoms with Crippen molar-refractivity contribution in [2.45, 2.75) is 37.0 Å². The second-order valence-corrected chi connectivity index (χ2v) is 7.17. The standard InChI is InChI=1S/C11H14F2O3S/c1-11(2,3)17(14,15)9-6-4-8(5-7-9)16-10(12)13/h4-7,10H,1-3H3. The molecule has 0 amide bonds. The predicted molar refractivity (Wildman–Crippen MR) is 60.0 cm³/mol. The predicted octanol–water partition coefficient (Wildman–Crippen LogP) is 2.86. The highest BCUT2D eigenvalue weighted by Gasteiger charge is 2.30. The number of hydrogen-bond donors (Lipinski definition) is 0. The summed E-state index contributed by atoms with van der Waals surface area (Å²) in [5, 5.41) is 0. The topological polar surface area (TPSA) is 43.4 Å². The summed E-state index contributed by atoms with van der Waals surface area (Å²) < 4.78 is 51.0. The van der Waals surface area contributed by atoms with Crippen molar-refractivity contribution in [3.05, 3.63) is 24.3 Å². The minimum absolute atomic E-state index is 0.0622. The first-order chi connectivity index (χ1) is 7.64. The van der Waals surface area contributed by atoms with E-state index in [2.05, 4.69) is 4.74 Å². The van der Waals surface area contributed by atoms with Crippen molar-refractivity contribution in [1.82, 2.24) is 0 Å². The molecule has 0 N–H and O–H groups in total. The third-order valence-corrected chi connectivity index (χ3v) is 4.67. The molecule has 1 aromatic rings. The second kappa shape index (κ2) is 4.60. The summed E-state index contributed by atoms with van der Waals surface area (Å²) in [5.41, 5.74) is 0. The molecular formula is C11H14F2O3S. The van der Waals surface area contributed by atoms with Crippen LogP contribution in [-0.4, -0.2) is 19.8 Å². The molecule has 1 aromatic carbocycles. The molecule has 0 unspecified atom stereocenters. The molecule has 0 aromatic heterocycles. The molecule has 0 radical (unpaired) electrons. The van der Waals surface area contributed by atoms with Gasteiger partial charge in [0, 0.05) is 0 Å². The molecule has 17 heavy (non-hydrogen) atoms. The van der Waals surface area contributed by atoms with Gasteiger partial charge in [0.15, 0.2) is 9.84 Å². The second-order valence-electron chi connectivity index (χ2n) is 4.47. The first-order valence-corrected chi connectivity index (χ1v) is 6.42. The lowest BCUT2D eigenvalue weighted by molar-refractivity contribution is -0.0498. The number of benzene rings is 1. The van der Waals surface area contributed by atoms with Crippen LogP contribution in [0.5, 0.6) is 5.75 Å². The Hall–Kier alpha value is -1.17. The van der Waals surface area contributed by atoms with Crippen molar-refractivity contribution in [2.24, 2.45) is 0 Å². The van der Waals surface area contributed by atoms with Crippen LogP contribution < -0.4 is 4.74 Å². The van der Waals surface area contributed by atoms with E-state index in [1.165, 1.54) is 24.3 Å². The minimum Gasteiger partial charge on any atom is -0.435 e. The Morgan fingerprint density at radius 2 is 1.59 bits per heavy atom. The van der Waals surface area contributed by atoms with Gasteiger partial charge in [-0.1, -0.05) is 0 Å². The maximum Gasteiger partial charge on any atom is 0.387 e. The molecule has 1 rings (SSSR count). The van der Waals surface area contributed by atoms with Crippen molar-refractivity contribution in [1.29, 1.82) is 0 Å². The van der Waals surface area contributed by atoms with Gasteiger partial charge in [-0.15, -0.1) is 0 Å². The first-order valence-electron chi connectivity index (χ1n) is 4.94. The Balaban J connectivity index is 3.04. The summed E-state index contributed by atoms with van der Waals surface area (Å²) in [6.45, 7) is 1.81. The van der Waals surface area contributed by atoms with Crippen LogP contribution in [0.2, 0.25) is 0 Å². The smallest absolute Gasteiger partial charge is 0.387 e. The van der Waals surface area contributed by atoms with Crippen molar-refractivity contribution in [2.75, 3.05) is 0 Å². The number of sulfone groups is 1. The monoisotopic (exact) mass is 264 g/mol. The fraction of sp³-hybridized carbons (Fsp3) is 0.455. The van der Waals surface area contributed by atoms with Crippen LogP contribution in [0.15, 0.2) is 29.2 Å². The largest absolute Gasteiger partial charge is 0.435 e. The molecule has 0 aliphatic heterocycles. The third-order valence-electron chi connectivity index (χ3n) is 2.17. The van der Waals surface area contributed by atoms with Gasteiger partial charge >= 0.3 is 6.61 Å². The van der Waals surface area contributed by atoms with Crippen LogP contribution in [0.1, 0.15) is 20.8 Å². The Kier molecular flexibility index (Phi) is 3.76. The first kappa shape index (κ1) is 13.9. The fourth-order valence-electron chi connectivity index (χ4n) is 1.15. The van der Waals surface area contributed by atoms with Gasteiger partial charge in [0.1, 0.15) is 5.75 Å². The molecule has 3 nitrogen and oxygen atoms in total. The lowest BCUT2D eigenvalue weighted by atomic mass is 10.3. The van der Waals surface area contributed by atoms with E-state index in [0.29, 0.717) is 0 Å². The molecule has 0 atom stereocenters. The normalized spacial score (nSPS) is 12.8. The van der Waals surface area contributed by atoms with E-state index in [1.807, 2.05) is 0 Å². The average Bonchev–Trinajstić information content (AvgIpc) is 2.15. The molecule has 6 heteroatoms. The van der Waals surface area contributed by atoms with Crippen LogP contribution in [-0.2, 0) is 9.84 Å². The van der Waals surface area contributed by atoms with Gasteiger partial charge in [-0.05, 0) is 45.0 Å². The number of hydrogen-bond acceptors (Lipinski definition) is 3. The van der Waals surface area contributed by atoms with E-state index in [1.54, 1.807) is 20.8 Å². The van der Waals surface area contributed by atoms with E-state index >= 15 is 0 Å². The van der Waals surface area contributed by atoms with E-state index in [4.69, 9.17) is 0 Å².